The van der Waals surface area contributed by atoms with Gasteiger partial charge in [0.15, 0.2) is 0 Å². The van der Waals surface area contributed by atoms with E-state index in [1.165, 1.54) is 17.8 Å². The first-order valence-corrected chi connectivity index (χ1v) is 8.37. The minimum absolute atomic E-state index is 0.0499. The molecule has 1 atom stereocenters. The van der Waals surface area contributed by atoms with Gasteiger partial charge in [-0.15, -0.1) is 11.8 Å². The first kappa shape index (κ1) is 18.7. The van der Waals surface area contributed by atoms with Crippen molar-refractivity contribution in [1.29, 1.82) is 0 Å². The third-order valence-electron chi connectivity index (χ3n) is 3.22. The molecule has 0 saturated heterocycles. The van der Waals surface area contributed by atoms with E-state index in [4.69, 9.17) is 11.6 Å². The monoisotopic (exact) mass is 373 g/mol. The summed E-state index contributed by atoms with van der Waals surface area (Å²) in [5, 5.41) is 2.89. The largest absolute Gasteiger partial charge is 0.416 e. The lowest BCUT2D eigenvalue weighted by Crippen LogP contribution is -2.30. The molecule has 0 saturated carbocycles. The SMILES string of the molecule is C[C@H](Sc1ccc(Cl)cc1)C(=O)NCc1cccc(C(F)(F)F)c1. The molecule has 0 fully saturated rings. The van der Waals surface area contributed by atoms with Crippen LogP contribution in [-0.4, -0.2) is 11.2 Å². The van der Waals surface area contributed by atoms with Gasteiger partial charge in [0.1, 0.15) is 0 Å². The molecule has 0 aliphatic rings. The van der Waals surface area contributed by atoms with Crippen LogP contribution in [0.2, 0.25) is 5.02 Å². The van der Waals surface area contributed by atoms with Crippen LogP contribution < -0.4 is 5.32 Å². The van der Waals surface area contributed by atoms with Gasteiger partial charge >= 0.3 is 6.18 Å². The van der Waals surface area contributed by atoms with Crippen molar-refractivity contribution in [1.82, 2.24) is 5.32 Å². The number of benzene rings is 2. The summed E-state index contributed by atoms with van der Waals surface area (Å²) < 4.78 is 38.0. The molecule has 2 aromatic rings. The number of carbonyl (C=O) groups is 1. The van der Waals surface area contributed by atoms with Crippen molar-refractivity contribution in [3.05, 3.63) is 64.7 Å². The van der Waals surface area contributed by atoms with Crippen molar-refractivity contribution in [3.8, 4) is 0 Å². The maximum Gasteiger partial charge on any atom is 0.416 e. The Labute approximate surface area is 147 Å². The summed E-state index contributed by atoms with van der Waals surface area (Å²) in [6, 6.07) is 12.0. The highest BCUT2D eigenvalue weighted by molar-refractivity contribution is 8.00. The van der Waals surface area contributed by atoms with Crippen molar-refractivity contribution in [2.75, 3.05) is 0 Å². The maximum atomic E-state index is 12.7. The average molecular weight is 374 g/mol. The molecule has 0 spiro atoms. The van der Waals surface area contributed by atoms with Crippen LogP contribution in [0.25, 0.3) is 0 Å². The number of thioether (sulfide) groups is 1. The number of alkyl halides is 3. The average Bonchev–Trinajstić information content (AvgIpc) is 2.54. The number of nitrogens with one attached hydrogen (secondary N) is 1. The van der Waals surface area contributed by atoms with Gasteiger partial charge in [-0.3, -0.25) is 4.79 Å². The zero-order valence-corrected chi connectivity index (χ0v) is 14.3. The lowest BCUT2D eigenvalue weighted by molar-refractivity contribution is -0.137. The Hall–Kier alpha value is -1.66. The van der Waals surface area contributed by atoms with Crippen LogP contribution >= 0.6 is 23.4 Å². The van der Waals surface area contributed by atoms with Gasteiger partial charge in [-0.25, -0.2) is 0 Å². The first-order valence-electron chi connectivity index (χ1n) is 7.12. The fourth-order valence-electron chi connectivity index (χ4n) is 1.96. The molecule has 0 bridgehead atoms. The highest BCUT2D eigenvalue weighted by Gasteiger charge is 2.30. The predicted octanol–water partition coefficient (Wildman–Crippen LogP) is 5.16. The van der Waals surface area contributed by atoms with E-state index in [2.05, 4.69) is 5.32 Å². The number of rotatable bonds is 5. The summed E-state index contributed by atoms with van der Waals surface area (Å²) >= 11 is 7.16. The fourth-order valence-corrected chi connectivity index (χ4v) is 2.98. The van der Waals surface area contributed by atoms with Gasteiger partial charge in [0.25, 0.3) is 0 Å². The molecule has 0 aromatic heterocycles. The van der Waals surface area contributed by atoms with Gasteiger partial charge in [0, 0.05) is 16.5 Å². The van der Waals surface area contributed by atoms with Gasteiger partial charge in [-0.1, -0.05) is 23.7 Å². The number of amides is 1. The van der Waals surface area contributed by atoms with Gasteiger partial charge in [-0.2, -0.15) is 13.2 Å². The molecule has 24 heavy (non-hydrogen) atoms. The normalized spacial score (nSPS) is 12.7. The number of hydrogen-bond acceptors (Lipinski definition) is 2. The maximum absolute atomic E-state index is 12.7. The van der Waals surface area contributed by atoms with E-state index < -0.39 is 11.7 Å². The highest BCUT2D eigenvalue weighted by Crippen LogP contribution is 2.29. The molecule has 0 aliphatic carbocycles. The van der Waals surface area contributed by atoms with Gasteiger partial charge in [-0.05, 0) is 48.9 Å². The number of hydrogen-bond donors (Lipinski definition) is 1. The van der Waals surface area contributed by atoms with E-state index >= 15 is 0 Å². The van der Waals surface area contributed by atoms with E-state index in [1.54, 1.807) is 25.1 Å². The minimum Gasteiger partial charge on any atom is -0.351 e. The zero-order chi connectivity index (χ0) is 17.7. The molecular weight excluding hydrogens is 359 g/mol. The van der Waals surface area contributed by atoms with Crippen molar-refractivity contribution in [2.45, 2.75) is 29.8 Å². The first-order chi connectivity index (χ1) is 11.3. The second-order valence-corrected chi connectivity index (χ2v) is 6.98. The van der Waals surface area contributed by atoms with Crippen molar-refractivity contribution < 1.29 is 18.0 Å². The molecule has 0 heterocycles. The Morgan fingerprint density at radius 1 is 1.21 bits per heavy atom. The van der Waals surface area contributed by atoms with Crippen molar-refractivity contribution >= 4 is 29.3 Å². The van der Waals surface area contributed by atoms with Crippen molar-refractivity contribution in [3.63, 3.8) is 0 Å². The molecule has 2 aromatic carbocycles. The molecule has 128 valence electrons. The van der Waals surface area contributed by atoms with Crippen LogP contribution in [0, 0.1) is 0 Å². The smallest absolute Gasteiger partial charge is 0.351 e. The van der Waals surface area contributed by atoms with E-state index in [1.807, 2.05) is 12.1 Å². The molecule has 1 amide bonds. The van der Waals surface area contributed by atoms with Crippen molar-refractivity contribution in [2.24, 2.45) is 0 Å². The lowest BCUT2D eigenvalue weighted by atomic mass is 10.1. The third-order valence-corrected chi connectivity index (χ3v) is 4.58. The second-order valence-electron chi connectivity index (χ2n) is 5.13. The zero-order valence-electron chi connectivity index (χ0n) is 12.7. The van der Waals surface area contributed by atoms with Gasteiger partial charge in [0.05, 0.1) is 10.8 Å². The third kappa shape index (κ3) is 5.46. The predicted molar refractivity (Wildman–Crippen MR) is 90.1 cm³/mol. The van der Waals surface area contributed by atoms with E-state index in [0.29, 0.717) is 10.6 Å². The van der Waals surface area contributed by atoms with Crippen LogP contribution in [0.15, 0.2) is 53.4 Å². The van der Waals surface area contributed by atoms with Crippen LogP contribution in [0.3, 0.4) is 0 Å². The molecular formula is C17H15ClF3NOS. The summed E-state index contributed by atoms with van der Waals surface area (Å²) in [6.45, 7) is 1.79. The van der Waals surface area contributed by atoms with Gasteiger partial charge < -0.3 is 5.32 Å². The Kier molecular flexibility index (Phi) is 6.18. The quantitative estimate of drug-likeness (QED) is 0.734. The Morgan fingerprint density at radius 2 is 1.88 bits per heavy atom. The van der Waals surface area contributed by atoms with Crippen LogP contribution in [0.1, 0.15) is 18.1 Å². The number of carbonyl (C=O) groups excluding carboxylic acids is 1. The Balaban J connectivity index is 1.91. The summed E-state index contributed by atoms with van der Waals surface area (Å²) in [5.74, 6) is -0.243. The van der Waals surface area contributed by atoms with E-state index in [-0.39, 0.29) is 17.7 Å². The summed E-state index contributed by atoms with van der Waals surface area (Å²) in [7, 11) is 0. The topological polar surface area (TPSA) is 29.1 Å². The lowest BCUT2D eigenvalue weighted by Gasteiger charge is -2.13. The van der Waals surface area contributed by atoms with Crippen LogP contribution in [0.4, 0.5) is 13.2 Å². The fraction of sp³-hybridized carbons (Fsp3) is 0.235. The standard InChI is InChI=1S/C17H15ClF3NOS/c1-11(24-15-7-5-14(18)6-8-15)16(23)22-10-12-3-2-4-13(9-12)17(19,20)21/h2-9,11H,10H2,1H3,(H,22,23)/t11-/m0/s1. The molecule has 2 nitrogen and oxygen atoms in total. The molecule has 0 unspecified atom stereocenters. The molecule has 7 heteroatoms. The minimum atomic E-state index is -4.39. The van der Waals surface area contributed by atoms with E-state index in [0.717, 1.165) is 17.0 Å². The second kappa shape index (κ2) is 7.94. The summed E-state index contributed by atoms with van der Waals surface area (Å²) in [5.41, 5.74) is -0.320. The molecule has 2 rings (SSSR count). The van der Waals surface area contributed by atoms with E-state index in [9.17, 15) is 18.0 Å². The Bertz CT molecular complexity index is 704. The summed E-state index contributed by atoms with van der Waals surface area (Å²) in [6.07, 6.45) is -4.39. The summed E-state index contributed by atoms with van der Waals surface area (Å²) in [4.78, 5) is 13.0. The molecule has 1 N–H and O–H groups in total. The van der Waals surface area contributed by atoms with Crippen LogP contribution in [-0.2, 0) is 17.5 Å². The van der Waals surface area contributed by atoms with Gasteiger partial charge in [0.2, 0.25) is 5.91 Å². The number of halogens is 4. The highest BCUT2D eigenvalue weighted by atomic mass is 35.5. The van der Waals surface area contributed by atoms with Crippen LogP contribution in [0.5, 0.6) is 0 Å². The molecule has 0 aliphatic heterocycles. The molecule has 0 radical (unpaired) electrons. The Morgan fingerprint density at radius 3 is 2.50 bits per heavy atom.